The predicted molar refractivity (Wildman–Crippen MR) is 87.2 cm³/mol. The van der Waals surface area contributed by atoms with Crippen LogP contribution in [0.4, 0.5) is 0 Å². The average molecular weight is 346 g/mol. The zero-order valence-corrected chi connectivity index (χ0v) is 15.4. The van der Waals surface area contributed by atoms with Crippen LogP contribution in [0, 0.1) is 0 Å². The normalized spacial score (nSPS) is 14.7. The van der Waals surface area contributed by atoms with Crippen LogP contribution in [0.1, 0.15) is 67.2 Å². The van der Waals surface area contributed by atoms with Crippen LogP contribution >= 0.6 is 0 Å². The number of carbonyl (C=O) groups is 3. The number of Topliss-reactive ketones (excluding diaryl/α,β-unsaturated/α-hetero) is 1. The van der Waals surface area contributed by atoms with Crippen molar-refractivity contribution in [2.24, 2.45) is 0 Å². The van der Waals surface area contributed by atoms with Gasteiger partial charge in [-0.05, 0) is 41.5 Å². The Balaban J connectivity index is 4.29. The van der Waals surface area contributed by atoms with E-state index in [1.54, 1.807) is 41.5 Å². The van der Waals surface area contributed by atoms with E-state index in [9.17, 15) is 24.6 Å². The summed E-state index contributed by atoms with van der Waals surface area (Å²) in [7, 11) is 0. The first-order valence-electron chi connectivity index (χ1n) is 8.08. The number of hydrogen-bond acceptors (Lipinski definition) is 7. The Morgan fingerprint density at radius 1 is 1.00 bits per heavy atom. The zero-order chi connectivity index (χ0) is 19.1. The SMILES string of the molecule is CC(O)CC(C)(C)OC(=O)C(=O)CCC(=O)OC(C)CC(C)(C)O. The molecule has 0 saturated carbocycles. The van der Waals surface area contributed by atoms with Crippen LogP contribution < -0.4 is 0 Å². The van der Waals surface area contributed by atoms with Crippen molar-refractivity contribution in [3.8, 4) is 0 Å². The van der Waals surface area contributed by atoms with Gasteiger partial charge in [0.2, 0.25) is 5.78 Å². The Morgan fingerprint density at radius 3 is 2.00 bits per heavy atom. The molecule has 0 aliphatic carbocycles. The molecule has 0 heterocycles. The first kappa shape index (κ1) is 22.5. The topological polar surface area (TPSA) is 110 Å². The molecule has 0 rings (SSSR count). The van der Waals surface area contributed by atoms with Crippen LogP contribution in [0.5, 0.6) is 0 Å². The molecule has 0 bridgehead atoms. The Morgan fingerprint density at radius 2 is 1.54 bits per heavy atom. The Bertz CT molecular complexity index is 446. The monoisotopic (exact) mass is 346 g/mol. The lowest BCUT2D eigenvalue weighted by Gasteiger charge is -2.26. The van der Waals surface area contributed by atoms with Gasteiger partial charge in [0.05, 0.1) is 18.1 Å². The highest BCUT2D eigenvalue weighted by Gasteiger charge is 2.28. The van der Waals surface area contributed by atoms with Crippen molar-refractivity contribution in [2.75, 3.05) is 0 Å². The highest BCUT2D eigenvalue weighted by Crippen LogP contribution is 2.18. The summed E-state index contributed by atoms with van der Waals surface area (Å²) in [6.07, 6.45) is -1.25. The van der Waals surface area contributed by atoms with Crippen LogP contribution in [0.25, 0.3) is 0 Å². The third kappa shape index (κ3) is 11.1. The van der Waals surface area contributed by atoms with Gasteiger partial charge in [0.1, 0.15) is 11.7 Å². The summed E-state index contributed by atoms with van der Waals surface area (Å²) in [5.41, 5.74) is -1.93. The van der Waals surface area contributed by atoms with E-state index in [1.807, 2.05) is 0 Å². The Labute approximate surface area is 143 Å². The summed E-state index contributed by atoms with van der Waals surface area (Å²) >= 11 is 0. The maximum absolute atomic E-state index is 11.7. The minimum atomic E-state index is -1.03. The van der Waals surface area contributed by atoms with E-state index in [4.69, 9.17) is 9.47 Å². The first-order chi connectivity index (χ1) is 10.7. The summed E-state index contributed by atoms with van der Waals surface area (Å²) < 4.78 is 10.1. The molecule has 24 heavy (non-hydrogen) atoms. The van der Waals surface area contributed by atoms with Crippen LogP contribution in [0.3, 0.4) is 0 Å². The predicted octanol–water partition coefficient (Wildman–Crippen LogP) is 1.52. The van der Waals surface area contributed by atoms with E-state index < -0.39 is 41.1 Å². The molecular formula is C17H30O7. The van der Waals surface area contributed by atoms with E-state index in [0.717, 1.165) is 0 Å². The van der Waals surface area contributed by atoms with E-state index in [0.29, 0.717) is 0 Å². The summed E-state index contributed by atoms with van der Waals surface area (Å²) in [6, 6.07) is 0. The third-order valence-electron chi connectivity index (χ3n) is 3.06. The fraction of sp³-hybridized carbons (Fsp3) is 0.824. The number of aliphatic hydroxyl groups is 2. The molecule has 7 heteroatoms. The van der Waals surface area contributed by atoms with Crippen LogP contribution in [-0.2, 0) is 23.9 Å². The van der Waals surface area contributed by atoms with Gasteiger partial charge in [-0.15, -0.1) is 0 Å². The van der Waals surface area contributed by atoms with Crippen molar-refractivity contribution < 1.29 is 34.1 Å². The highest BCUT2D eigenvalue weighted by atomic mass is 16.6. The van der Waals surface area contributed by atoms with Crippen LogP contribution in [-0.4, -0.2) is 51.3 Å². The molecule has 140 valence electrons. The summed E-state index contributed by atoms with van der Waals surface area (Å²) in [4.78, 5) is 35.1. The number of esters is 2. The molecule has 0 saturated heterocycles. The van der Waals surface area contributed by atoms with Gasteiger partial charge in [0.25, 0.3) is 0 Å². The minimum absolute atomic E-state index is 0.197. The van der Waals surface area contributed by atoms with Gasteiger partial charge < -0.3 is 19.7 Å². The lowest BCUT2D eigenvalue weighted by Crippen LogP contribution is -2.34. The van der Waals surface area contributed by atoms with E-state index >= 15 is 0 Å². The van der Waals surface area contributed by atoms with Crippen molar-refractivity contribution >= 4 is 17.7 Å². The second-order valence-corrected chi connectivity index (χ2v) is 7.44. The van der Waals surface area contributed by atoms with E-state index in [1.165, 1.54) is 0 Å². The maximum Gasteiger partial charge on any atom is 0.375 e. The Hall–Kier alpha value is -1.47. The summed E-state index contributed by atoms with van der Waals surface area (Å²) in [6.45, 7) is 9.60. The average Bonchev–Trinajstić information content (AvgIpc) is 2.30. The van der Waals surface area contributed by atoms with Crippen molar-refractivity contribution in [1.29, 1.82) is 0 Å². The zero-order valence-electron chi connectivity index (χ0n) is 15.4. The standard InChI is InChI=1S/C17H30O7/c1-11(18)9-17(5,6)24-15(21)13(19)7-8-14(20)23-12(2)10-16(3,4)22/h11-12,18,22H,7-10H2,1-6H3. The molecular weight excluding hydrogens is 316 g/mol. The maximum atomic E-state index is 11.7. The summed E-state index contributed by atoms with van der Waals surface area (Å²) in [5.74, 6) is -2.46. The molecule has 0 aliphatic rings. The van der Waals surface area contributed by atoms with Gasteiger partial charge in [-0.2, -0.15) is 0 Å². The largest absolute Gasteiger partial charge is 0.463 e. The molecule has 2 N–H and O–H groups in total. The molecule has 2 unspecified atom stereocenters. The van der Waals surface area contributed by atoms with Crippen LogP contribution in [0.2, 0.25) is 0 Å². The van der Waals surface area contributed by atoms with Crippen LogP contribution in [0.15, 0.2) is 0 Å². The fourth-order valence-electron chi connectivity index (χ4n) is 2.41. The molecule has 0 aromatic carbocycles. The molecule has 7 nitrogen and oxygen atoms in total. The van der Waals surface area contributed by atoms with Crippen molar-refractivity contribution in [1.82, 2.24) is 0 Å². The quantitative estimate of drug-likeness (QED) is 0.456. The second kappa shape index (κ2) is 9.13. The Kier molecular flexibility index (Phi) is 8.57. The lowest BCUT2D eigenvalue weighted by molar-refractivity contribution is -0.166. The van der Waals surface area contributed by atoms with Gasteiger partial charge in [-0.1, -0.05) is 0 Å². The lowest BCUT2D eigenvalue weighted by atomic mass is 10.0. The molecule has 0 aromatic rings. The van der Waals surface area contributed by atoms with Gasteiger partial charge in [0, 0.05) is 19.3 Å². The first-order valence-corrected chi connectivity index (χ1v) is 8.08. The molecule has 0 radical (unpaired) electrons. The fourth-order valence-corrected chi connectivity index (χ4v) is 2.41. The second-order valence-electron chi connectivity index (χ2n) is 7.44. The highest BCUT2D eigenvalue weighted by molar-refractivity contribution is 6.33. The smallest absolute Gasteiger partial charge is 0.375 e. The van der Waals surface area contributed by atoms with Crippen molar-refractivity contribution in [3.63, 3.8) is 0 Å². The third-order valence-corrected chi connectivity index (χ3v) is 3.06. The van der Waals surface area contributed by atoms with Gasteiger partial charge in [-0.3, -0.25) is 9.59 Å². The number of ketones is 1. The molecule has 0 spiro atoms. The number of hydrogen-bond donors (Lipinski definition) is 2. The molecule has 2 atom stereocenters. The molecule has 0 aromatic heterocycles. The number of ether oxygens (including phenoxy) is 2. The molecule has 0 aliphatic heterocycles. The minimum Gasteiger partial charge on any atom is -0.463 e. The van der Waals surface area contributed by atoms with Gasteiger partial charge >= 0.3 is 11.9 Å². The number of carbonyl (C=O) groups excluding carboxylic acids is 3. The number of rotatable bonds is 10. The summed E-state index contributed by atoms with van der Waals surface area (Å²) in [5, 5.41) is 19.0. The van der Waals surface area contributed by atoms with E-state index in [2.05, 4.69) is 0 Å². The van der Waals surface area contributed by atoms with Crippen molar-refractivity contribution in [2.45, 2.75) is 90.6 Å². The van der Waals surface area contributed by atoms with Gasteiger partial charge in [-0.25, -0.2) is 4.79 Å². The number of aliphatic hydroxyl groups excluding tert-OH is 1. The molecule has 0 fully saturated rings. The van der Waals surface area contributed by atoms with Crippen molar-refractivity contribution in [3.05, 3.63) is 0 Å². The van der Waals surface area contributed by atoms with E-state index in [-0.39, 0.29) is 25.7 Å². The van der Waals surface area contributed by atoms with Gasteiger partial charge in [0.15, 0.2) is 0 Å². The molecule has 0 amide bonds.